The SMILES string of the molecule is O=[N+]([O-])[O-].c1ccc(CNc2[nH+]cnc3nc[nH]c23)cc1. The van der Waals surface area contributed by atoms with Crippen molar-refractivity contribution in [2.75, 3.05) is 5.32 Å². The lowest BCUT2D eigenvalue weighted by Crippen LogP contribution is -2.14. The second kappa shape index (κ2) is 6.80. The second-order valence-corrected chi connectivity index (χ2v) is 3.94. The van der Waals surface area contributed by atoms with Crippen LogP contribution in [0.2, 0.25) is 0 Å². The van der Waals surface area contributed by atoms with Gasteiger partial charge in [0.2, 0.25) is 12.1 Å². The third-order valence-corrected chi connectivity index (χ3v) is 2.58. The number of fused-ring (bicyclic) bond motifs is 1. The standard InChI is InChI=1S/C12H11N5.NO3/c1-2-4-9(5-3-1)6-13-11-10-12(15-7-14-10)17-8-16-11;2-1(3)4/h1-5,7-8H,6H2,(H2,13,14,15,16,17);/q;-1/p+1. The van der Waals surface area contributed by atoms with Gasteiger partial charge in [0.15, 0.2) is 5.52 Å². The molecule has 0 radical (unpaired) electrons. The summed E-state index contributed by atoms with van der Waals surface area (Å²) in [6.45, 7) is 0.759. The smallest absolute Gasteiger partial charge is 0.260 e. The van der Waals surface area contributed by atoms with Gasteiger partial charge in [0.25, 0.3) is 5.65 Å². The van der Waals surface area contributed by atoms with Crippen LogP contribution in [-0.2, 0) is 6.54 Å². The number of nitrogens with zero attached hydrogens (tertiary/aromatic N) is 3. The first-order valence-corrected chi connectivity index (χ1v) is 5.96. The fourth-order valence-electron chi connectivity index (χ4n) is 1.72. The zero-order valence-electron chi connectivity index (χ0n) is 10.8. The highest BCUT2D eigenvalue weighted by Gasteiger charge is 2.10. The van der Waals surface area contributed by atoms with E-state index in [-0.39, 0.29) is 0 Å². The van der Waals surface area contributed by atoms with E-state index in [0.29, 0.717) is 5.65 Å². The number of anilines is 1. The molecule has 0 unspecified atom stereocenters. The molecule has 9 nitrogen and oxygen atoms in total. The first-order chi connectivity index (χ1) is 10.2. The summed E-state index contributed by atoms with van der Waals surface area (Å²) in [5, 5.41) is 18.1. The van der Waals surface area contributed by atoms with E-state index >= 15 is 0 Å². The normalized spacial score (nSPS) is 9.71. The molecule has 0 saturated carbocycles. The van der Waals surface area contributed by atoms with Crippen LogP contribution in [0.1, 0.15) is 5.56 Å². The monoisotopic (exact) mass is 288 g/mol. The molecule has 2 aromatic heterocycles. The summed E-state index contributed by atoms with van der Waals surface area (Å²) in [6.07, 6.45) is 3.27. The molecule has 0 bridgehead atoms. The molecular weight excluding hydrogens is 276 g/mol. The Morgan fingerprint density at radius 2 is 1.95 bits per heavy atom. The van der Waals surface area contributed by atoms with Gasteiger partial charge in [-0.15, -0.1) is 0 Å². The summed E-state index contributed by atoms with van der Waals surface area (Å²) in [5.41, 5.74) is 2.83. The molecule has 0 amide bonds. The molecule has 0 aliphatic carbocycles. The van der Waals surface area contributed by atoms with Crippen LogP contribution in [0.15, 0.2) is 43.0 Å². The van der Waals surface area contributed by atoms with Gasteiger partial charge in [0.1, 0.15) is 0 Å². The first-order valence-electron chi connectivity index (χ1n) is 5.96. The van der Waals surface area contributed by atoms with Crippen LogP contribution in [0.25, 0.3) is 11.2 Å². The van der Waals surface area contributed by atoms with Gasteiger partial charge in [-0.2, -0.15) is 0 Å². The molecule has 3 N–H and O–H groups in total. The van der Waals surface area contributed by atoms with Crippen molar-refractivity contribution in [2.24, 2.45) is 0 Å². The average Bonchev–Trinajstić information content (AvgIpc) is 2.94. The van der Waals surface area contributed by atoms with E-state index in [4.69, 9.17) is 15.3 Å². The molecule has 3 aromatic rings. The number of hydrogen-bond acceptors (Lipinski definition) is 6. The fraction of sp³-hybridized carbons (Fsp3) is 0.0833. The van der Waals surface area contributed by atoms with Crippen molar-refractivity contribution in [3.63, 3.8) is 0 Å². The Morgan fingerprint density at radius 1 is 1.24 bits per heavy atom. The van der Waals surface area contributed by atoms with Crippen molar-refractivity contribution in [3.8, 4) is 0 Å². The van der Waals surface area contributed by atoms with Gasteiger partial charge in [-0.3, -0.25) is 5.32 Å². The Balaban J connectivity index is 0.000000361. The largest absolute Gasteiger partial charge is 0.356 e. The summed E-state index contributed by atoms with van der Waals surface area (Å²) in [5.74, 6) is 0.899. The molecule has 1 aromatic carbocycles. The number of hydrogen-bond donors (Lipinski definition) is 2. The van der Waals surface area contributed by atoms with E-state index < -0.39 is 5.09 Å². The highest BCUT2D eigenvalue weighted by Crippen LogP contribution is 2.12. The zero-order chi connectivity index (χ0) is 15.1. The van der Waals surface area contributed by atoms with Gasteiger partial charge in [0, 0.05) is 0 Å². The van der Waals surface area contributed by atoms with Gasteiger partial charge in [-0.05, 0) is 5.56 Å². The van der Waals surface area contributed by atoms with Crippen LogP contribution in [0, 0.1) is 15.3 Å². The topological polar surface area (TPSA) is 134 Å². The highest BCUT2D eigenvalue weighted by atomic mass is 16.9. The average molecular weight is 288 g/mol. The zero-order valence-corrected chi connectivity index (χ0v) is 10.8. The predicted molar refractivity (Wildman–Crippen MR) is 74.6 cm³/mol. The van der Waals surface area contributed by atoms with E-state index in [1.165, 1.54) is 5.56 Å². The lowest BCUT2D eigenvalue weighted by atomic mass is 10.2. The van der Waals surface area contributed by atoms with Crippen molar-refractivity contribution < 1.29 is 10.1 Å². The minimum Gasteiger partial charge on any atom is -0.356 e. The molecular formula is C12H12N6O3. The molecule has 0 aliphatic rings. The highest BCUT2D eigenvalue weighted by molar-refractivity contribution is 5.79. The van der Waals surface area contributed by atoms with Gasteiger partial charge >= 0.3 is 0 Å². The van der Waals surface area contributed by atoms with Crippen molar-refractivity contribution in [2.45, 2.75) is 6.54 Å². The third-order valence-electron chi connectivity index (χ3n) is 2.58. The van der Waals surface area contributed by atoms with Gasteiger partial charge in [-0.25, -0.2) is 9.97 Å². The molecule has 2 heterocycles. The van der Waals surface area contributed by atoms with Crippen LogP contribution in [-0.4, -0.2) is 20.0 Å². The summed E-state index contributed by atoms with van der Waals surface area (Å²) in [4.78, 5) is 22.6. The van der Waals surface area contributed by atoms with Gasteiger partial charge in [0.05, 0.1) is 18.0 Å². The Bertz CT molecular complexity index is 711. The number of nitrogens with one attached hydrogen (secondary N) is 3. The number of imidazole rings is 1. The van der Waals surface area contributed by atoms with E-state index in [1.54, 1.807) is 12.7 Å². The van der Waals surface area contributed by atoms with Crippen LogP contribution in [0.3, 0.4) is 0 Å². The Labute approximate surface area is 118 Å². The maximum atomic E-state index is 8.25. The quantitative estimate of drug-likeness (QED) is 0.548. The molecule has 3 rings (SSSR count). The van der Waals surface area contributed by atoms with Crippen LogP contribution in [0.5, 0.6) is 0 Å². The lowest BCUT2D eigenvalue weighted by molar-refractivity contribution is -0.402. The van der Waals surface area contributed by atoms with Crippen molar-refractivity contribution in [1.82, 2.24) is 15.0 Å². The third kappa shape index (κ3) is 4.13. The maximum absolute atomic E-state index is 8.25. The number of rotatable bonds is 3. The summed E-state index contributed by atoms with van der Waals surface area (Å²) in [6, 6.07) is 10.2. The molecule has 0 saturated heterocycles. The van der Waals surface area contributed by atoms with Gasteiger partial charge < -0.3 is 20.3 Å². The van der Waals surface area contributed by atoms with Crippen LogP contribution < -0.4 is 10.3 Å². The van der Waals surface area contributed by atoms with E-state index in [1.807, 2.05) is 18.2 Å². The number of aromatic nitrogens is 4. The molecule has 108 valence electrons. The number of benzene rings is 1. The summed E-state index contributed by atoms with van der Waals surface area (Å²) < 4.78 is 0. The summed E-state index contributed by atoms with van der Waals surface area (Å²) in [7, 11) is 0. The van der Waals surface area contributed by atoms with E-state index in [2.05, 4.69) is 37.4 Å². The number of H-pyrrole nitrogens is 2. The Kier molecular flexibility index (Phi) is 4.59. The molecule has 0 fully saturated rings. The lowest BCUT2D eigenvalue weighted by Gasteiger charge is -2.01. The second-order valence-electron chi connectivity index (χ2n) is 3.94. The molecule has 0 aliphatic heterocycles. The number of aromatic amines is 2. The van der Waals surface area contributed by atoms with E-state index in [9.17, 15) is 0 Å². The van der Waals surface area contributed by atoms with Crippen LogP contribution in [0.4, 0.5) is 5.82 Å². The van der Waals surface area contributed by atoms with Gasteiger partial charge in [-0.1, -0.05) is 35.3 Å². The Morgan fingerprint density at radius 3 is 2.67 bits per heavy atom. The Hall–Kier alpha value is -3.23. The van der Waals surface area contributed by atoms with Crippen molar-refractivity contribution in [1.29, 1.82) is 0 Å². The molecule has 21 heavy (non-hydrogen) atoms. The van der Waals surface area contributed by atoms with Crippen molar-refractivity contribution >= 4 is 17.0 Å². The molecule has 0 atom stereocenters. The van der Waals surface area contributed by atoms with Crippen molar-refractivity contribution in [3.05, 3.63) is 63.9 Å². The summed E-state index contributed by atoms with van der Waals surface area (Å²) >= 11 is 0. The molecule has 0 spiro atoms. The minimum absolute atomic E-state index is 0.708. The fourth-order valence-corrected chi connectivity index (χ4v) is 1.72. The van der Waals surface area contributed by atoms with E-state index in [0.717, 1.165) is 17.9 Å². The maximum Gasteiger partial charge on any atom is 0.260 e. The minimum atomic E-state index is -1.75. The van der Waals surface area contributed by atoms with Crippen LogP contribution >= 0.6 is 0 Å². The molecule has 9 heteroatoms. The predicted octanol–water partition coefficient (Wildman–Crippen LogP) is 1.15. The first kappa shape index (κ1) is 14.2.